The molecule has 2 atom stereocenters. The zero-order valence-corrected chi connectivity index (χ0v) is 12.3. The monoisotopic (exact) mass is 262 g/mol. The molecule has 2 nitrogen and oxygen atoms in total. The Bertz CT molecular complexity index is 398. The molecule has 0 saturated heterocycles. The van der Waals surface area contributed by atoms with Crippen LogP contribution in [-0.4, -0.2) is 11.8 Å². The van der Waals surface area contributed by atoms with Gasteiger partial charge in [0.2, 0.25) is 0 Å². The van der Waals surface area contributed by atoms with E-state index < -0.39 is 0 Å². The third kappa shape index (κ3) is 4.72. The van der Waals surface area contributed by atoms with Crippen molar-refractivity contribution in [1.82, 2.24) is 5.32 Å². The van der Waals surface area contributed by atoms with Crippen LogP contribution in [0.3, 0.4) is 0 Å². The lowest BCUT2D eigenvalue weighted by molar-refractivity contribution is 0.570. The SMILES string of the molecule is CCCNC(C)c1cccc(SC(C#N)CC)c1. The molecule has 1 N–H and O–H groups in total. The van der Waals surface area contributed by atoms with Crippen molar-refractivity contribution in [3.8, 4) is 6.07 Å². The summed E-state index contributed by atoms with van der Waals surface area (Å²) in [5.41, 5.74) is 1.29. The predicted molar refractivity (Wildman–Crippen MR) is 78.7 cm³/mol. The molecule has 0 aromatic heterocycles. The maximum atomic E-state index is 9.00. The van der Waals surface area contributed by atoms with E-state index in [1.807, 2.05) is 0 Å². The second-order valence-electron chi connectivity index (χ2n) is 4.39. The minimum Gasteiger partial charge on any atom is -0.310 e. The number of nitrogens with one attached hydrogen (secondary N) is 1. The molecule has 0 amide bonds. The van der Waals surface area contributed by atoms with Crippen LogP contribution in [0.25, 0.3) is 0 Å². The molecule has 1 aromatic carbocycles. The van der Waals surface area contributed by atoms with Crippen LogP contribution in [0.1, 0.15) is 45.2 Å². The molecule has 0 fully saturated rings. The molecule has 3 heteroatoms. The fourth-order valence-corrected chi connectivity index (χ4v) is 2.61. The van der Waals surface area contributed by atoms with Gasteiger partial charge < -0.3 is 5.32 Å². The van der Waals surface area contributed by atoms with Gasteiger partial charge in [0.15, 0.2) is 0 Å². The lowest BCUT2D eigenvalue weighted by atomic mass is 10.1. The molecule has 0 radical (unpaired) electrons. The first kappa shape index (κ1) is 15.1. The van der Waals surface area contributed by atoms with Gasteiger partial charge in [-0.25, -0.2) is 0 Å². The van der Waals surface area contributed by atoms with Gasteiger partial charge in [-0.15, -0.1) is 11.8 Å². The molecule has 18 heavy (non-hydrogen) atoms. The maximum Gasteiger partial charge on any atom is 0.0961 e. The van der Waals surface area contributed by atoms with Crippen LogP contribution >= 0.6 is 11.8 Å². The summed E-state index contributed by atoms with van der Waals surface area (Å²) in [5.74, 6) is 0. The minimum atomic E-state index is 0.0548. The number of hydrogen-bond donors (Lipinski definition) is 1. The molecule has 0 heterocycles. The molecule has 0 aliphatic rings. The smallest absolute Gasteiger partial charge is 0.0961 e. The Balaban J connectivity index is 2.70. The summed E-state index contributed by atoms with van der Waals surface area (Å²) in [6, 6.07) is 11.2. The van der Waals surface area contributed by atoms with Crippen molar-refractivity contribution in [1.29, 1.82) is 5.26 Å². The fraction of sp³-hybridized carbons (Fsp3) is 0.533. The number of benzene rings is 1. The molecular formula is C15H22N2S. The second kappa shape index (κ2) is 8.18. The normalized spacial score (nSPS) is 13.9. The van der Waals surface area contributed by atoms with E-state index in [1.54, 1.807) is 11.8 Å². The molecule has 0 aliphatic carbocycles. The van der Waals surface area contributed by atoms with E-state index in [4.69, 9.17) is 5.26 Å². The minimum absolute atomic E-state index is 0.0548. The number of rotatable bonds is 7. The zero-order valence-electron chi connectivity index (χ0n) is 11.4. The standard InChI is InChI=1S/C15H22N2S/c1-4-9-17-12(3)13-7-6-8-15(10-13)18-14(5-2)11-16/h6-8,10,12,14,17H,4-5,9H2,1-3H3. The summed E-state index contributed by atoms with van der Waals surface area (Å²) in [6.07, 6.45) is 2.03. The van der Waals surface area contributed by atoms with Crippen LogP contribution < -0.4 is 5.32 Å². The quantitative estimate of drug-likeness (QED) is 0.750. The topological polar surface area (TPSA) is 35.8 Å². The Morgan fingerprint density at radius 3 is 2.78 bits per heavy atom. The highest BCUT2D eigenvalue weighted by Crippen LogP contribution is 2.27. The Hall–Kier alpha value is -0.980. The van der Waals surface area contributed by atoms with Crippen LogP contribution in [0, 0.1) is 11.3 Å². The average Bonchev–Trinajstić information content (AvgIpc) is 2.42. The summed E-state index contributed by atoms with van der Waals surface area (Å²) in [6.45, 7) is 7.44. The van der Waals surface area contributed by atoms with E-state index in [-0.39, 0.29) is 5.25 Å². The third-order valence-corrected chi connectivity index (χ3v) is 4.10. The van der Waals surface area contributed by atoms with E-state index in [2.05, 4.69) is 56.4 Å². The van der Waals surface area contributed by atoms with Gasteiger partial charge in [0.25, 0.3) is 0 Å². The van der Waals surface area contributed by atoms with Gasteiger partial charge in [0.1, 0.15) is 0 Å². The lowest BCUT2D eigenvalue weighted by Gasteiger charge is -2.15. The Kier molecular flexibility index (Phi) is 6.85. The number of hydrogen-bond acceptors (Lipinski definition) is 3. The van der Waals surface area contributed by atoms with Crippen LogP contribution in [0.4, 0.5) is 0 Å². The summed E-state index contributed by atoms with van der Waals surface area (Å²) in [7, 11) is 0. The van der Waals surface area contributed by atoms with Gasteiger partial charge in [0, 0.05) is 10.9 Å². The van der Waals surface area contributed by atoms with Crippen molar-refractivity contribution in [2.45, 2.75) is 49.8 Å². The van der Waals surface area contributed by atoms with E-state index in [1.165, 1.54) is 10.5 Å². The summed E-state index contributed by atoms with van der Waals surface area (Å²) < 4.78 is 0. The van der Waals surface area contributed by atoms with Crippen molar-refractivity contribution in [2.24, 2.45) is 0 Å². The highest BCUT2D eigenvalue weighted by molar-refractivity contribution is 8.00. The van der Waals surface area contributed by atoms with Gasteiger partial charge in [0.05, 0.1) is 11.3 Å². The first-order chi connectivity index (χ1) is 8.71. The van der Waals surface area contributed by atoms with E-state index in [0.717, 1.165) is 19.4 Å². The van der Waals surface area contributed by atoms with Crippen molar-refractivity contribution >= 4 is 11.8 Å². The summed E-state index contributed by atoms with van der Waals surface area (Å²) >= 11 is 1.66. The molecule has 0 bridgehead atoms. The molecule has 0 saturated carbocycles. The largest absolute Gasteiger partial charge is 0.310 e. The molecule has 2 unspecified atom stereocenters. The lowest BCUT2D eigenvalue weighted by Crippen LogP contribution is -2.19. The molecule has 0 aliphatic heterocycles. The predicted octanol–water partition coefficient (Wildman–Crippen LogP) is 4.14. The van der Waals surface area contributed by atoms with E-state index in [0.29, 0.717) is 6.04 Å². The summed E-state index contributed by atoms with van der Waals surface area (Å²) in [5, 5.41) is 12.5. The van der Waals surface area contributed by atoms with Gasteiger partial charge in [-0.3, -0.25) is 0 Å². The van der Waals surface area contributed by atoms with Gasteiger partial charge in [-0.2, -0.15) is 5.26 Å². The first-order valence-electron chi connectivity index (χ1n) is 6.60. The van der Waals surface area contributed by atoms with E-state index >= 15 is 0 Å². The highest BCUT2D eigenvalue weighted by atomic mass is 32.2. The van der Waals surface area contributed by atoms with Crippen molar-refractivity contribution in [2.75, 3.05) is 6.54 Å². The molecule has 0 spiro atoms. The zero-order chi connectivity index (χ0) is 13.4. The number of nitrogens with zero attached hydrogens (tertiary/aromatic N) is 1. The Morgan fingerprint density at radius 2 is 2.17 bits per heavy atom. The van der Waals surface area contributed by atoms with Crippen molar-refractivity contribution < 1.29 is 0 Å². The molecule has 1 aromatic rings. The highest BCUT2D eigenvalue weighted by Gasteiger charge is 2.09. The van der Waals surface area contributed by atoms with Crippen LogP contribution in [0.15, 0.2) is 29.2 Å². The molecule has 1 rings (SSSR count). The average molecular weight is 262 g/mol. The number of thioether (sulfide) groups is 1. The van der Waals surface area contributed by atoms with Gasteiger partial charge in [-0.05, 0) is 44.0 Å². The van der Waals surface area contributed by atoms with Crippen LogP contribution in [0.5, 0.6) is 0 Å². The van der Waals surface area contributed by atoms with Gasteiger partial charge >= 0.3 is 0 Å². The molecule has 98 valence electrons. The number of nitriles is 1. The van der Waals surface area contributed by atoms with Crippen molar-refractivity contribution in [3.05, 3.63) is 29.8 Å². The fourth-order valence-electron chi connectivity index (χ4n) is 1.70. The maximum absolute atomic E-state index is 9.00. The third-order valence-electron chi connectivity index (χ3n) is 2.85. The van der Waals surface area contributed by atoms with Crippen molar-refractivity contribution in [3.63, 3.8) is 0 Å². The van der Waals surface area contributed by atoms with Crippen LogP contribution in [-0.2, 0) is 0 Å². The second-order valence-corrected chi connectivity index (χ2v) is 5.67. The van der Waals surface area contributed by atoms with Crippen LogP contribution in [0.2, 0.25) is 0 Å². The van der Waals surface area contributed by atoms with E-state index in [9.17, 15) is 0 Å². The van der Waals surface area contributed by atoms with Gasteiger partial charge in [-0.1, -0.05) is 26.0 Å². The molecular weight excluding hydrogens is 240 g/mol. The Morgan fingerprint density at radius 1 is 1.39 bits per heavy atom. The first-order valence-corrected chi connectivity index (χ1v) is 7.48. The summed E-state index contributed by atoms with van der Waals surface area (Å²) in [4.78, 5) is 1.19. The Labute approximate surface area is 115 Å².